The van der Waals surface area contributed by atoms with Gasteiger partial charge in [0.05, 0.1) is 0 Å². The number of rotatable bonds is 7. The van der Waals surface area contributed by atoms with Gasteiger partial charge in [-0.1, -0.05) is 6.92 Å². The normalized spacial score (nSPS) is 10.7. The SMILES string of the molecule is CCNCCCNCc1ccc(C)s1. The summed E-state index contributed by atoms with van der Waals surface area (Å²) in [6.45, 7) is 8.60. The molecule has 0 radical (unpaired) electrons. The lowest BCUT2D eigenvalue weighted by Crippen LogP contribution is -2.21. The Morgan fingerprint density at radius 3 is 2.64 bits per heavy atom. The van der Waals surface area contributed by atoms with Gasteiger partial charge in [-0.15, -0.1) is 11.3 Å². The maximum Gasteiger partial charge on any atom is 0.0299 e. The van der Waals surface area contributed by atoms with Crippen LogP contribution in [0.25, 0.3) is 0 Å². The monoisotopic (exact) mass is 212 g/mol. The molecule has 0 fully saturated rings. The predicted molar refractivity (Wildman–Crippen MR) is 63.9 cm³/mol. The van der Waals surface area contributed by atoms with Crippen LogP contribution in [-0.2, 0) is 6.54 Å². The fourth-order valence-corrected chi connectivity index (χ4v) is 2.17. The Morgan fingerprint density at radius 2 is 2.00 bits per heavy atom. The Bertz CT molecular complexity index is 245. The molecule has 0 saturated carbocycles. The molecule has 2 nitrogen and oxygen atoms in total. The number of aryl methyl sites for hydroxylation is 1. The maximum atomic E-state index is 3.44. The lowest BCUT2D eigenvalue weighted by Gasteiger charge is -2.03. The van der Waals surface area contributed by atoms with Gasteiger partial charge >= 0.3 is 0 Å². The fraction of sp³-hybridized carbons (Fsp3) is 0.636. The zero-order valence-electron chi connectivity index (χ0n) is 9.10. The molecule has 0 aliphatic carbocycles. The molecule has 0 spiro atoms. The van der Waals surface area contributed by atoms with Gasteiger partial charge in [0.2, 0.25) is 0 Å². The molecular formula is C11H20N2S. The standard InChI is InChI=1S/C11H20N2S/c1-3-12-7-4-8-13-9-11-6-5-10(2)14-11/h5-6,12-13H,3-4,7-9H2,1-2H3. The van der Waals surface area contributed by atoms with Crippen LogP contribution in [-0.4, -0.2) is 19.6 Å². The van der Waals surface area contributed by atoms with Gasteiger partial charge < -0.3 is 10.6 Å². The van der Waals surface area contributed by atoms with E-state index < -0.39 is 0 Å². The second-order valence-electron chi connectivity index (χ2n) is 3.40. The molecule has 80 valence electrons. The van der Waals surface area contributed by atoms with Crippen LogP contribution in [0.4, 0.5) is 0 Å². The second kappa shape index (κ2) is 6.98. The number of nitrogens with one attached hydrogen (secondary N) is 2. The Morgan fingerprint density at radius 1 is 1.21 bits per heavy atom. The fourth-order valence-electron chi connectivity index (χ4n) is 1.31. The van der Waals surface area contributed by atoms with Crippen molar-refractivity contribution >= 4 is 11.3 Å². The quantitative estimate of drug-likeness (QED) is 0.677. The Labute approximate surface area is 90.7 Å². The largest absolute Gasteiger partial charge is 0.317 e. The van der Waals surface area contributed by atoms with Crippen molar-refractivity contribution in [2.45, 2.75) is 26.8 Å². The van der Waals surface area contributed by atoms with Crippen LogP contribution in [0, 0.1) is 6.92 Å². The van der Waals surface area contributed by atoms with Crippen molar-refractivity contribution in [1.82, 2.24) is 10.6 Å². The van der Waals surface area contributed by atoms with Crippen LogP contribution in [0.15, 0.2) is 12.1 Å². The predicted octanol–water partition coefficient (Wildman–Crippen LogP) is 2.15. The van der Waals surface area contributed by atoms with Crippen LogP contribution in [0.3, 0.4) is 0 Å². The van der Waals surface area contributed by atoms with E-state index in [1.54, 1.807) is 0 Å². The van der Waals surface area contributed by atoms with Crippen molar-refractivity contribution in [1.29, 1.82) is 0 Å². The molecule has 1 heterocycles. The highest BCUT2D eigenvalue weighted by molar-refractivity contribution is 7.11. The number of hydrogen-bond donors (Lipinski definition) is 2. The van der Waals surface area contributed by atoms with Gasteiger partial charge in [-0.05, 0) is 45.1 Å². The van der Waals surface area contributed by atoms with Crippen LogP contribution < -0.4 is 10.6 Å². The molecule has 1 rings (SSSR count). The van der Waals surface area contributed by atoms with Gasteiger partial charge in [-0.25, -0.2) is 0 Å². The van der Waals surface area contributed by atoms with Gasteiger partial charge in [0.25, 0.3) is 0 Å². The molecule has 0 aromatic carbocycles. The van der Waals surface area contributed by atoms with Crippen molar-refractivity contribution in [3.63, 3.8) is 0 Å². The van der Waals surface area contributed by atoms with Crippen molar-refractivity contribution in [2.24, 2.45) is 0 Å². The third-order valence-electron chi connectivity index (χ3n) is 2.05. The van der Waals surface area contributed by atoms with Crippen molar-refractivity contribution < 1.29 is 0 Å². The van der Waals surface area contributed by atoms with Crippen LogP contribution in [0.5, 0.6) is 0 Å². The summed E-state index contributed by atoms with van der Waals surface area (Å²) < 4.78 is 0. The van der Waals surface area contributed by atoms with Gasteiger partial charge in [-0.3, -0.25) is 0 Å². The summed E-state index contributed by atoms with van der Waals surface area (Å²) in [5.41, 5.74) is 0. The van der Waals surface area contributed by atoms with E-state index in [-0.39, 0.29) is 0 Å². The molecule has 1 aromatic heterocycles. The molecule has 0 aliphatic rings. The lowest BCUT2D eigenvalue weighted by atomic mass is 10.4. The summed E-state index contributed by atoms with van der Waals surface area (Å²) >= 11 is 1.88. The molecule has 0 amide bonds. The van der Waals surface area contributed by atoms with Crippen LogP contribution in [0.1, 0.15) is 23.1 Å². The summed E-state index contributed by atoms with van der Waals surface area (Å²) in [7, 11) is 0. The summed E-state index contributed by atoms with van der Waals surface area (Å²) in [5.74, 6) is 0. The first-order valence-electron chi connectivity index (χ1n) is 5.29. The van der Waals surface area contributed by atoms with E-state index in [1.807, 2.05) is 11.3 Å². The zero-order valence-corrected chi connectivity index (χ0v) is 9.91. The van der Waals surface area contributed by atoms with Gasteiger partial charge in [-0.2, -0.15) is 0 Å². The van der Waals surface area contributed by atoms with E-state index >= 15 is 0 Å². The molecule has 14 heavy (non-hydrogen) atoms. The van der Waals surface area contributed by atoms with Gasteiger partial charge in [0, 0.05) is 16.3 Å². The van der Waals surface area contributed by atoms with E-state index in [4.69, 9.17) is 0 Å². The lowest BCUT2D eigenvalue weighted by molar-refractivity contribution is 0.609. The zero-order chi connectivity index (χ0) is 10.2. The Kier molecular flexibility index (Phi) is 5.83. The molecule has 0 bridgehead atoms. The molecule has 0 aliphatic heterocycles. The minimum Gasteiger partial charge on any atom is -0.317 e. The van der Waals surface area contributed by atoms with E-state index in [0.29, 0.717) is 0 Å². The average molecular weight is 212 g/mol. The summed E-state index contributed by atoms with van der Waals surface area (Å²) in [5, 5.41) is 6.76. The highest BCUT2D eigenvalue weighted by Gasteiger charge is 1.95. The van der Waals surface area contributed by atoms with Crippen LogP contribution in [0.2, 0.25) is 0 Å². The molecule has 0 unspecified atom stereocenters. The van der Waals surface area contributed by atoms with Gasteiger partial charge in [0.1, 0.15) is 0 Å². The highest BCUT2D eigenvalue weighted by Crippen LogP contribution is 2.14. The second-order valence-corrected chi connectivity index (χ2v) is 4.77. The third-order valence-corrected chi connectivity index (χ3v) is 3.05. The van der Waals surface area contributed by atoms with E-state index in [0.717, 1.165) is 26.2 Å². The molecule has 0 atom stereocenters. The Hall–Kier alpha value is -0.380. The smallest absolute Gasteiger partial charge is 0.0299 e. The Balaban J connectivity index is 1.99. The summed E-state index contributed by atoms with van der Waals surface area (Å²) in [4.78, 5) is 2.83. The van der Waals surface area contributed by atoms with Gasteiger partial charge in [0.15, 0.2) is 0 Å². The van der Waals surface area contributed by atoms with E-state index in [2.05, 4.69) is 36.6 Å². The highest BCUT2D eigenvalue weighted by atomic mass is 32.1. The minimum absolute atomic E-state index is 1.02. The average Bonchev–Trinajstić information content (AvgIpc) is 2.58. The van der Waals surface area contributed by atoms with Crippen molar-refractivity contribution in [2.75, 3.05) is 19.6 Å². The topological polar surface area (TPSA) is 24.1 Å². The molecule has 0 saturated heterocycles. The van der Waals surface area contributed by atoms with Crippen molar-refractivity contribution in [3.8, 4) is 0 Å². The van der Waals surface area contributed by atoms with Crippen LogP contribution >= 0.6 is 11.3 Å². The summed E-state index contributed by atoms with van der Waals surface area (Å²) in [6, 6.07) is 4.39. The molecule has 1 aromatic rings. The minimum atomic E-state index is 1.02. The van der Waals surface area contributed by atoms with Crippen molar-refractivity contribution in [3.05, 3.63) is 21.9 Å². The molecular weight excluding hydrogens is 192 g/mol. The molecule has 2 N–H and O–H groups in total. The number of thiophene rings is 1. The first kappa shape index (κ1) is 11.7. The van der Waals surface area contributed by atoms with E-state index in [9.17, 15) is 0 Å². The maximum absolute atomic E-state index is 3.44. The summed E-state index contributed by atoms with van der Waals surface area (Å²) in [6.07, 6.45) is 1.21. The first-order chi connectivity index (χ1) is 6.83. The first-order valence-corrected chi connectivity index (χ1v) is 6.11. The molecule has 3 heteroatoms. The third kappa shape index (κ3) is 4.74. The number of hydrogen-bond acceptors (Lipinski definition) is 3. The van der Waals surface area contributed by atoms with E-state index in [1.165, 1.54) is 16.2 Å².